The molecular formula is C26H25NO5S. The van der Waals surface area contributed by atoms with Crippen molar-refractivity contribution in [2.75, 3.05) is 32.2 Å². The zero-order chi connectivity index (χ0) is 23.3. The summed E-state index contributed by atoms with van der Waals surface area (Å²) >= 11 is 0. The molecule has 2 aromatic rings. The number of methoxy groups -OCH3 is 3. The number of nitrogens with zero attached hydrogens (tertiary/aromatic N) is 1. The maximum Gasteiger partial charge on any atom is 0.264 e. The highest BCUT2D eigenvalue weighted by molar-refractivity contribution is 7.92. The SMILES string of the molecule is COc1ccc2c3c4c(cc(OC)c(OC)c4c-2cc1)CCN3S(=O)(=O)c1ccc(C)cc1. The number of benzene rings is 2. The highest BCUT2D eigenvalue weighted by Crippen LogP contribution is 2.55. The molecule has 0 saturated heterocycles. The Bertz CT molecular complexity index is 1440. The zero-order valence-corrected chi connectivity index (χ0v) is 19.8. The van der Waals surface area contributed by atoms with Crippen LogP contribution in [0.3, 0.4) is 0 Å². The summed E-state index contributed by atoms with van der Waals surface area (Å²) in [4.78, 5) is 0.275. The van der Waals surface area contributed by atoms with Crippen LogP contribution in [0.4, 0.5) is 5.69 Å². The third kappa shape index (κ3) is 3.18. The van der Waals surface area contributed by atoms with E-state index in [4.69, 9.17) is 14.2 Å². The van der Waals surface area contributed by atoms with E-state index in [2.05, 4.69) is 0 Å². The standard InChI is InChI=1S/C26H25NO5S/c1-16-5-9-19(10-6-16)33(28,29)27-14-13-17-15-22(31-3)26(32-4)24-20-11-7-18(30-2)8-12-21(20)25(27)23(17)24/h5-12,15H,13-14H2,1-4H3. The zero-order valence-electron chi connectivity index (χ0n) is 19.0. The number of hydrogen-bond acceptors (Lipinski definition) is 5. The molecule has 0 amide bonds. The molecule has 0 radical (unpaired) electrons. The van der Waals surface area contributed by atoms with E-state index in [9.17, 15) is 8.42 Å². The van der Waals surface area contributed by atoms with E-state index in [-0.39, 0.29) is 4.90 Å². The van der Waals surface area contributed by atoms with Crippen molar-refractivity contribution in [3.8, 4) is 28.4 Å². The quantitative estimate of drug-likeness (QED) is 0.415. The molecular weight excluding hydrogens is 438 g/mol. The van der Waals surface area contributed by atoms with Gasteiger partial charge < -0.3 is 14.2 Å². The molecule has 0 unspecified atom stereocenters. The molecule has 0 spiro atoms. The summed E-state index contributed by atoms with van der Waals surface area (Å²) in [5.41, 5.74) is 4.41. The van der Waals surface area contributed by atoms with Gasteiger partial charge in [-0.25, -0.2) is 8.42 Å². The van der Waals surface area contributed by atoms with Crippen molar-refractivity contribution < 1.29 is 22.6 Å². The first kappa shape index (κ1) is 21.4. The molecule has 7 heteroatoms. The highest BCUT2D eigenvalue weighted by atomic mass is 32.2. The van der Waals surface area contributed by atoms with E-state index >= 15 is 0 Å². The van der Waals surface area contributed by atoms with Gasteiger partial charge in [0.05, 0.1) is 31.9 Å². The van der Waals surface area contributed by atoms with Crippen molar-refractivity contribution in [3.63, 3.8) is 0 Å². The first-order valence-corrected chi connectivity index (χ1v) is 12.1. The summed E-state index contributed by atoms with van der Waals surface area (Å²) in [7, 11) is 1.05. The van der Waals surface area contributed by atoms with E-state index in [1.165, 1.54) is 4.31 Å². The van der Waals surface area contributed by atoms with Crippen molar-refractivity contribution in [2.45, 2.75) is 18.2 Å². The number of ether oxygens (including phenoxy) is 3. The Morgan fingerprint density at radius 2 is 1.52 bits per heavy atom. The maximum atomic E-state index is 13.8. The highest BCUT2D eigenvalue weighted by Gasteiger charge is 2.36. The number of hydrogen-bond donors (Lipinski definition) is 0. The number of sulfonamides is 1. The van der Waals surface area contributed by atoms with Gasteiger partial charge in [0.2, 0.25) is 0 Å². The Labute approximate surface area is 193 Å². The second-order valence-corrected chi connectivity index (χ2v) is 9.97. The summed E-state index contributed by atoms with van der Waals surface area (Å²) < 4.78 is 46.0. The molecule has 1 heterocycles. The van der Waals surface area contributed by atoms with E-state index in [0.717, 1.165) is 33.0 Å². The van der Waals surface area contributed by atoms with Crippen molar-refractivity contribution in [2.24, 2.45) is 0 Å². The number of anilines is 1. The van der Waals surface area contributed by atoms with Crippen LogP contribution in [-0.2, 0) is 16.4 Å². The first-order chi connectivity index (χ1) is 15.9. The molecule has 0 N–H and O–H groups in total. The third-order valence-corrected chi connectivity index (χ3v) is 8.12. The van der Waals surface area contributed by atoms with Crippen molar-refractivity contribution in [1.29, 1.82) is 0 Å². The van der Waals surface area contributed by atoms with Crippen LogP contribution in [0.15, 0.2) is 59.5 Å². The van der Waals surface area contributed by atoms with Crippen LogP contribution in [-0.4, -0.2) is 36.3 Å². The Balaban J connectivity index is 1.88. The van der Waals surface area contributed by atoms with Crippen LogP contribution in [0.1, 0.15) is 11.1 Å². The predicted molar refractivity (Wildman–Crippen MR) is 130 cm³/mol. The first-order valence-electron chi connectivity index (χ1n) is 10.7. The average molecular weight is 464 g/mol. The molecule has 1 aliphatic heterocycles. The second-order valence-electron chi connectivity index (χ2n) is 8.11. The van der Waals surface area contributed by atoms with Crippen LogP contribution in [0.25, 0.3) is 21.9 Å². The lowest BCUT2D eigenvalue weighted by Gasteiger charge is -2.29. The van der Waals surface area contributed by atoms with Gasteiger partial charge in [-0.15, -0.1) is 0 Å². The Morgan fingerprint density at radius 1 is 0.818 bits per heavy atom. The van der Waals surface area contributed by atoms with Gasteiger partial charge in [0, 0.05) is 22.9 Å². The van der Waals surface area contributed by atoms with Gasteiger partial charge in [-0.05, 0) is 66.9 Å². The molecule has 0 atom stereocenters. The van der Waals surface area contributed by atoms with E-state index in [1.807, 2.05) is 49.4 Å². The van der Waals surface area contributed by atoms with Gasteiger partial charge in [0.1, 0.15) is 5.75 Å². The molecule has 0 bridgehead atoms. The molecule has 33 heavy (non-hydrogen) atoms. The summed E-state index contributed by atoms with van der Waals surface area (Å²) in [5, 5.41) is 1.73. The lowest BCUT2D eigenvalue weighted by molar-refractivity contribution is 0.358. The molecule has 0 saturated carbocycles. The van der Waals surface area contributed by atoms with E-state index < -0.39 is 10.0 Å². The van der Waals surface area contributed by atoms with Crippen LogP contribution >= 0.6 is 0 Å². The summed E-state index contributed by atoms with van der Waals surface area (Å²) in [6, 6.07) is 16.5. The van der Waals surface area contributed by atoms with E-state index in [1.54, 1.807) is 33.5 Å². The Hall–Kier alpha value is -3.45. The summed E-state index contributed by atoms with van der Waals surface area (Å²) in [5.74, 6) is 1.90. The fourth-order valence-electron chi connectivity index (χ4n) is 4.70. The Kier molecular flexibility index (Phi) is 5.09. The van der Waals surface area contributed by atoms with Gasteiger partial charge in [0.25, 0.3) is 10.0 Å². The van der Waals surface area contributed by atoms with Gasteiger partial charge >= 0.3 is 0 Å². The molecule has 170 valence electrons. The topological polar surface area (TPSA) is 65.1 Å². The molecule has 3 aliphatic rings. The normalized spacial score (nSPS) is 13.4. The largest absolute Gasteiger partial charge is 0.497 e. The fraction of sp³-hybridized carbons (Fsp3) is 0.231. The van der Waals surface area contributed by atoms with Crippen LogP contribution in [0, 0.1) is 6.92 Å². The summed E-state index contributed by atoms with van der Waals surface area (Å²) in [6.45, 7) is 2.28. The van der Waals surface area contributed by atoms with E-state index in [0.29, 0.717) is 35.9 Å². The minimum Gasteiger partial charge on any atom is -0.497 e. The fourth-order valence-corrected chi connectivity index (χ4v) is 6.20. The van der Waals surface area contributed by atoms with Crippen LogP contribution in [0.5, 0.6) is 17.2 Å². The van der Waals surface area contributed by atoms with Crippen molar-refractivity contribution in [1.82, 2.24) is 0 Å². The maximum absolute atomic E-state index is 13.8. The minimum absolute atomic E-state index is 0.275. The van der Waals surface area contributed by atoms with Crippen LogP contribution < -0.4 is 18.5 Å². The van der Waals surface area contributed by atoms with Gasteiger partial charge in [-0.2, -0.15) is 0 Å². The second kappa shape index (κ2) is 7.85. The number of rotatable bonds is 5. The number of aryl methyl sites for hydroxylation is 1. The third-order valence-electron chi connectivity index (χ3n) is 6.31. The molecule has 0 aromatic heterocycles. The molecule has 2 aliphatic carbocycles. The smallest absolute Gasteiger partial charge is 0.264 e. The molecule has 0 fully saturated rings. The minimum atomic E-state index is -3.77. The van der Waals surface area contributed by atoms with Gasteiger partial charge in [0.15, 0.2) is 11.5 Å². The predicted octanol–water partition coefficient (Wildman–Crippen LogP) is 5.03. The lowest BCUT2D eigenvalue weighted by atomic mass is 10.0. The van der Waals surface area contributed by atoms with Crippen LogP contribution in [0.2, 0.25) is 0 Å². The lowest BCUT2D eigenvalue weighted by Crippen LogP contribution is -2.35. The molecule has 2 aromatic carbocycles. The molecule has 5 rings (SSSR count). The number of fused-ring (bicyclic) bond motifs is 3. The van der Waals surface area contributed by atoms with Gasteiger partial charge in [-0.3, -0.25) is 4.31 Å². The van der Waals surface area contributed by atoms with Crippen molar-refractivity contribution in [3.05, 3.63) is 65.7 Å². The summed E-state index contributed by atoms with van der Waals surface area (Å²) in [6.07, 6.45) is 0.570. The van der Waals surface area contributed by atoms with Crippen molar-refractivity contribution >= 4 is 26.5 Å². The molecule has 6 nitrogen and oxygen atoms in total. The van der Waals surface area contributed by atoms with Gasteiger partial charge in [-0.1, -0.05) is 17.7 Å². The monoisotopic (exact) mass is 463 g/mol. The Morgan fingerprint density at radius 3 is 2.15 bits per heavy atom. The average Bonchev–Trinajstić information content (AvgIpc) is 2.99.